The van der Waals surface area contributed by atoms with Gasteiger partial charge in [-0.3, -0.25) is 4.79 Å². The normalized spacial score (nSPS) is 15.6. The molecule has 2 N–H and O–H groups in total. The summed E-state index contributed by atoms with van der Waals surface area (Å²) in [5.41, 5.74) is 0.971. The monoisotopic (exact) mass is 732 g/mol. The minimum absolute atomic E-state index is 0.00674. The van der Waals surface area contributed by atoms with Gasteiger partial charge in [0.1, 0.15) is 12.2 Å². The molecule has 1 fully saturated rings. The van der Waals surface area contributed by atoms with Crippen LogP contribution in [0, 0.1) is 10.7 Å². The third-order valence-electron chi connectivity index (χ3n) is 4.87. The third kappa shape index (κ3) is 6.03. The lowest BCUT2D eigenvalue weighted by atomic mass is 9.85. The fraction of sp³-hybridized carbons (Fsp3) is 0.333. The maximum absolute atomic E-state index is 12.6. The number of piperidine rings is 1. The largest absolute Gasteiger partial charge is 0.461 e. The molecule has 2 aromatic rings. The Morgan fingerprint density at radius 3 is 2.41 bits per heavy atom. The molecule has 8 heteroatoms. The summed E-state index contributed by atoms with van der Waals surface area (Å²) in [7, 11) is 0. The smallest absolute Gasteiger partial charge is 0.339 e. The van der Waals surface area contributed by atoms with Gasteiger partial charge < -0.3 is 14.8 Å². The molecule has 3 rings (SSSR count). The number of carbonyl (C=O) groups is 2. The first-order chi connectivity index (χ1) is 13.9. The molecule has 2 aromatic carbocycles. The van der Waals surface area contributed by atoms with Crippen molar-refractivity contribution in [2.24, 2.45) is 0 Å². The summed E-state index contributed by atoms with van der Waals surface area (Å²) in [6.45, 7) is 1.84. The Morgan fingerprint density at radius 1 is 1.03 bits per heavy atom. The number of quaternary nitrogens is 1. The maximum atomic E-state index is 12.6. The molecule has 1 aliphatic rings. The van der Waals surface area contributed by atoms with Crippen LogP contribution in [0.25, 0.3) is 0 Å². The second kappa shape index (κ2) is 10.7. The molecule has 0 aliphatic carbocycles. The van der Waals surface area contributed by atoms with Gasteiger partial charge in [-0.2, -0.15) is 0 Å². The Kier molecular flexibility index (Phi) is 8.57. The van der Waals surface area contributed by atoms with Gasteiger partial charge in [-0.1, -0.05) is 30.3 Å². The molecule has 1 heterocycles. The van der Waals surface area contributed by atoms with E-state index in [2.05, 4.69) is 73.1 Å². The molecular weight excluding hydrogens is 711 g/mol. The zero-order valence-electron chi connectivity index (χ0n) is 15.6. The Hall–Kier alpha value is -0.470. The first kappa shape index (κ1) is 23.2. The van der Waals surface area contributed by atoms with Crippen molar-refractivity contribution in [3.8, 4) is 0 Å². The quantitative estimate of drug-likeness (QED) is 0.279. The number of hydrogen-bond donors (Lipinski definition) is 1. The lowest BCUT2D eigenvalue weighted by Gasteiger charge is -2.36. The number of nitrogens with two attached hydrogens (primary N) is 1. The summed E-state index contributed by atoms with van der Waals surface area (Å²) in [6, 6.07) is 13.7. The van der Waals surface area contributed by atoms with Crippen LogP contribution in [-0.4, -0.2) is 31.6 Å². The number of benzene rings is 2. The van der Waals surface area contributed by atoms with Crippen molar-refractivity contribution in [1.29, 1.82) is 0 Å². The van der Waals surface area contributed by atoms with Crippen LogP contribution in [0.4, 0.5) is 0 Å². The van der Waals surface area contributed by atoms with Crippen molar-refractivity contribution in [3.05, 3.63) is 64.3 Å². The van der Waals surface area contributed by atoms with Gasteiger partial charge in [0.05, 0.1) is 25.1 Å². The summed E-state index contributed by atoms with van der Waals surface area (Å²) in [6.07, 6.45) is 1.60. The molecule has 0 saturated carbocycles. The van der Waals surface area contributed by atoms with Crippen LogP contribution in [0.15, 0.2) is 42.5 Å². The van der Waals surface area contributed by atoms with E-state index < -0.39 is 11.6 Å². The van der Waals surface area contributed by atoms with Crippen LogP contribution in [0.5, 0.6) is 0 Å². The summed E-state index contributed by atoms with van der Waals surface area (Å²) in [4.78, 5) is 25.0. The average Bonchev–Trinajstić information content (AvgIpc) is 2.72. The third-order valence-corrected chi connectivity index (χ3v) is 8.53. The molecule has 1 saturated heterocycles. The summed E-state index contributed by atoms with van der Waals surface area (Å²) in [5, 5.41) is 2.24. The molecule has 0 atom stereocenters. The number of ether oxygens (including phenoxy) is 2. The number of rotatable bonds is 6. The van der Waals surface area contributed by atoms with E-state index in [0.717, 1.165) is 42.2 Å². The summed E-state index contributed by atoms with van der Waals surface area (Å²) < 4.78 is 14.1. The second-order valence-electron chi connectivity index (χ2n) is 6.84. The van der Waals surface area contributed by atoms with Gasteiger partial charge >= 0.3 is 11.9 Å². The highest BCUT2D eigenvalue weighted by Gasteiger charge is 2.39. The van der Waals surface area contributed by atoms with Gasteiger partial charge in [-0.15, -0.1) is 0 Å². The van der Waals surface area contributed by atoms with Gasteiger partial charge in [-0.05, 0) is 85.5 Å². The van der Waals surface area contributed by atoms with E-state index in [0.29, 0.717) is 5.56 Å². The second-order valence-corrected chi connectivity index (χ2v) is 10.3. The zero-order valence-corrected chi connectivity index (χ0v) is 22.1. The Morgan fingerprint density at radius 2 is 1.72 bits per heavy atom. The van der Waals surface area contributed by atoms with Gasteiger partial charge in [0, 0.05) is 23.6 Å². The van der Waals surface area contributed by atoms with Gasteiger partial charge in [0.2, 0.25) is 0 Å². The van der Waals surface area contributed by atoms with E-state index in [1.807, 2.05) is 36.4 Å². The van der Waals surface area contributed by atoms with Crippen LogP contribution < -0.4 is 5.32 Å². The highest BCUT2D eigenvalue weighted by molar-refractivity contribution is 14.1. The molecule has 154 valence electrons. The average molecular weight is 732 g/mol. The van der Waals surface area contributed by atoms with E-state index in [-0.39, 0.29) is 19.0 Å². The van der Waals surface area contributed by atoms with E-state index >= 15 is 0 Å². The number of esters is 2. The molecule has 29 heavy (non-hydrogen) atoms. The van der Waals surface area contributed by atoms with Gasteiger partial charge in [0.25, 0.3) is 0 Å². The fourth-order valence-corrected chi connectivity index (χ4v) is 5.79. The van der Waals surface area contributed by atoms with Crippen molar-refractivity contribution in [2.75, 3.05) is 19.7 Å². The predicted molar refractivity (Wildman–Crippen MR) is 135 cm³/mol. The van der Waals surface area contributed by atoms with E-state index in [1.54, 1.807) is 6.07 Å². The van der Waals surface area contributed by atoms with Gasteiger partial charge in [0.15, 0.2) is 0 Å². The standard InChI is InChI=1S/C21H20I3NO4/c22-15-12-16(19(24)17(23)13-15)20(27)28-11-6-18(26)29-21(7-9-25-10-8-21)14-4-2-1-3-5-14/h1-5,12-13,25H,6-11H2/p+1. The van der Waals surface area contributed by atoms with E-state index in [4.69, 9.17) is 9.47 Å². The van der Waals surface area contributed by atoms with Crippen LogP contribution in [0.1, 0.15) is 35.2 Å². The van der Waals surface area contributed by atoms with Crippen LogP contribution in [-0.2, 0) is 19.9 Å². The van der Waals surface area contributed by atoms with Gasteiger partial charge in [-0.25, -0.2) is 4.79 Å². The Labute approximate surface area is 211 Å². The molecule has 5 nitrogen and oxygen atoms in total. The molecule has 0 radical (unpaired) electrons. The minimum atomic E-state index is -0.585. The molecule has 1 aliphatic heterocycles. The maximum Gasteiger partial charge on any atom is 0.339 e. The Bertz CT molecular complexity index is 883. The SMILES string of the molecule is O=C(CCOC(=O)c1cc(I)cc(I)c1I)OC1(c2ccccc2)CC[NH2+]CC1. The highest BCUT2D eigenvalue weighted by Crippen LogP contribution is 2.34. The van der Waals surface area contributed by atoms with Crippen LogP contribution in [0.3, 0.4) is 0 Å². The van der Waals surface area contributed by atoms with E-state index in [9.17, 15) is 9.59 Å². The zero-order chi connectivity index (χ0) is 20.9. The summed E-state index contributed by atoms with van der Waals surface area (Å²) in [5.74, 6) is -0.751. The molecule has 0 aromatic heterocycles. The van der Waals surface area contributed by atoms with Crippen molar-refractivity contribution >= 4 is 79.7 Å². The van der Waals surface area contributed by atoms with Crippen LogP contribution in [0.2, 0.25) is 0 Å². The van der Waals surface area contributed by atoms with Crippen molar-refractivity contribution < 1.29 is 24.4 Å². The number of carbonyl (C=O) groups excluding carboxylic acids is 2. The minimum Gasteiger partial charge on any atom is -0.461 e. The molecule has 0 spiro atoms. The molecule has 0 unspecified atom stereocenters. The first-order valence-electron chi connectivity index (χ1n) is 9.32. The van der Waals surface area contributed by atoms with Crippen molar-refractivity contribution in [1.82, 2.24) is 0 Å². The lowest BCUT2D eigenvalue weighted by molar-refractivity contribution is -0.668. The number of halogens is 3. The summed E-state index contributed by atoms with van der Waals surface area (Å²) >= 11 is 6.51. The topological polar surface area (TPSA) is 69.2 Å². The predicted octanol–water partition coefficient (Wildman–Crippen LogP) is 3.84. The molecular formula is C21H21I3NO4+. The fourth-order valence-electron chi connectivity index (χ4n) is 3.41. The lowest BCUT2D eigenvalue weighted by Crippen LogP contribution is -2.87. The number of hydrogen-bond acceptors (Lipinski definition) is 4. The van der Waals surface area contributed by atoms with Crippen molar-refractivity contribution in [3.63, 3.8) is 0 Å². The first-order valence-corrected chi connectivity index (χ1v) is 12.6. The molecule has 0 amide bonds. The van der Waals surface area contributed by atoms with Crippen molar-refractivity contribution in [2.45, 2.75) is 24.9 Å². The molecule has 0 bridgehead atoms. The Balaban J connectivity index is 1.60. The van der Waals surface area contributed by atoms with Crippen LogP contribution >= 0.6 is 67.8 Å². The highest BCUT2D eigenvalue weighted by atomic mass is 127. The van der Waals surface area contributed by atoms with E-state index in [1.165, 1.54) is 0 Å².